The molecule has 1 aliphatic heterocycles. The highest BCUT2D eigenvalue weighted by atomic mass is 16.2. The summed E-state index contributed by atoms with van der Waals surface area (Å²) in [6, 6.07) is 22.6. The molecule has 0 saturated heterocycles. The monoisotopic (exact) mass is 357 g/mol. The van der Waals surface area contributed by atoms with E-state index in [-0.39, 0.29) is 5.91 Å². The van der Waals surface area contributed by atoms with Gasteiger partial charge in [0, 0.05) is 25.3 Å². The number of benzene rings is 2. The minimum atomic E-state index is -0.0692. The number of hydrogen-bond acceptors (Lipinski definition) is 3. The number of hydrogen-bond donors (Lipinski definition) is 0. The van der Waals surface area contributed by atoms with E-state index in [1.165, 1.54) is 11.3 Å². The summed E-state index contributed by atoms with van der Waals surface area (Å²) in [5.74, 6) is -0.0692. The van der Waals surface area contributed by atoms with Crippen molar-refractivity contribution < 1.29 is 4.79 Å². The molecule has 2 heterocycles. The molecule has 0 spiro atoms. The van der Waals surface area contributed by atoms with Crippen LogP contribution in [0.1, 0.15) is 28.5 Å². The maximum Gasteiger partial charge on any atom is 0.272 e. The van der Waals surface area contributed by atoms with E-state index in [2.05, 4.69) is 41.1 Å². The van der Waals surface area contributed by atoms with E-state index in [1.807, 2.05) is 55.7 Å². The topological polar surface area (TPSA) is 36.4 Å². The number of pyridine rings is 1. The van der Waals surface area contributed by atoms with Gasteiger partial charge in [-0.2, -0.15) is 0 Å². The van der Waals surface area contributed by atoms with Crippen LogP contribution >= 0.6 is 0 Å². The normalized spacial score (nSPS) is 15.5. The van der Waals surface area contributed by atoms with Crippen LogP contribution in [0.3, 0.4) is 0 Å². The summed E-state index contributed by atoms with van der Waals surface area (Å²) in [7, 11) is 1.81. The number of anilines is 2. The van der Waals surface area contributed by atoms with Crippen molar-refractivity contribution in [1.82, 2.24) is 9.88 Å². The molecule has 4 heteroatoms. The number of carbonyl (C=O) groups excluding carboxylic acids is 1. The van der Waals surface area contributed by atoms with Crippen molar-refractivity contribution in [2.24, 2.45) is 0 Å². The van der Waals surface area contributed by atoms with Crippen LogP contribution in [-0.4, -0.2) is 28.9 Å². The third kappa shape index (κ3) is 3.43. The standard InChI is InChI=1S/C23H23N3O/c1-17-14-19-10-6-7-11-22(19)26(17)20-12-13-21(24-15-20)23(27)25(2)16-18-8-4-3-5-9-18/h3-13,15,17H,14,16H2,1-2H3. The fraction of sp³-hybridized carbons (Fsp3) is 0.217. The van der Waals surface area contributed by atoms with Gasteiger partial charge in [-0.3, -0.25) is 4.79 Å². The molecule has 0 N–H and O–H groups in total. The van der Waals surface area contributed by atoms with Crippen LogP contribution in [-0.2, 0) is 13.0 Å². The Balaban J connectivity index is 1.51. The second-order valence-electron chi connectivity index (χ2n) is 7.10. The molecule has 2 aromatic carbocycles. The zero-order valence-electron chi connectivity index (χ0n) is 15.7. The van der Waals surface area contributed by atoms with E-state index in [1.54, 1.807) is 4.90 Å². The minimum absolute atomic E-state index is 0.0692. The van der Waals surface area contributed by atoms with Gasteiger partial charge >= 0.3 is 0 Å². The van der Waals surface area contributed by atoms with Crippen molar-refractivity contribution in [3.05, 3.63) is 89.7 Å². The fourth-order valence-electron chi connectivity index (χ4n) is 3.74. The van der Waals surface area contributed by atoms with E-state index < -0.39 is 0 Å². The van der Waals surface area contributed by atoms with Crippen molar-refractivity contribution in [3.8, 4) is 0 Å². The molecule has 1 atom stereocenters. The molecule has 1 aromatic heterocycles. The Kier molecular flexibility index (Phi) is 4.63. The smallest absolute Gasteiger partial charge is 0.272 e. The highest BCUT2D eigenvalue weighted by Crippen LogP contribution is 2.37. The molecule has 1 unspecified atom stereocenters. The molecule has 0 bridgehead atoms. The third-order valence-corrected chi connectivity index (χ3v) is 5.06. The van der Waals surface area contributed by atoms with Crippen molar-refractivity contribution in [3.63, 3.8) is 0 Å². The highest BCUT2D eigenvalue weighted by Gasteiger charge is 2.27. The van der Waals surface area contributed by atoms with Gasteiger partial charge in [0.05, 0.1) is 11.9 Å². The first-order valence-electron chi connectivity index (χ1n) is 9.26. The summed E-state index contributed by atoms with van der Waals surface area (Å²) in [6.07, 6.45) is 2.83. The lowest BCUT2D eigenvalue weighted by atomic mass is 10.1. The maximum absolute atomic E-state index is 12.7. The van der Waals surface area contributed by atoms with Gasteiger partial charge in [0.15, 0.2) is 0 Å². The van der Waals surface area contributed by atoms with Gasteiger partial charge in [-0.25, -0.2) is 4.98 Å². The van der Waals surface area contributed by atoms with Crippen LogP contribution < -0.4 is 4.90 Å². The lowest BCUT2D eigenvalue weighted by Gasteiger charge is -2.25. The number of fused-ring (bicyclic) bond motifs is 1. The van der Waals surface area contributed by atoms with Crippen LogP contribution in [0.4, 0.5) is 11.4 Å². The van der Waals surface area contributed by atoms with Crippen LogP contribution in [0.5, 0.6) is 0 Å². The highest BCUT2D eigenvalue weighted by molar-refractivity contribution is 5.92. The summed E-state index contributed by atoms with van der Waals surface area (Å²) in [5.41, 5.74) is 5.18. The summed E-state index contributed by atoms with van der Waals surface area (Å²) in [5, 5.41) is 0. The molecule has 0 fully saturated rings. The van der Waals surface area contributed by atoms with E-state index in [0.717, 1.165) is 17.7 Å². The van der Waals surface area contributed by atoms with Gasteiger partial charge in [-0.15, -0.1) is 0 Å². The lowest BCUT2D eigenvalue weighted by Crippen LogP contribution is -2.27. The van der Waals surface area contributed by atoms with E-state index >= 15 is 0 Å². The number of carbonyl (C=O) groups is 1. The molecular weight excluding hydrogens is 334 g/mol. The van der Waals surface area contributed by atoms with Crippen LogP contribution in [0.15, 0.2) is 72.9 Å². The number of nitrogens with zero attached hydrogens (tertiary/aromatic N) is 3. The molecule has 4 nitrogen and oxygen atoms in total. The van der Waals surface area contributed by atoms with Crippen molar-refractivity contribution in [2.75, 3.05) is 11.9 Å². The Morgan fingerprint density at radius 1 is 1.07 bits per heavy atom. The van der Waals surface area contributed by atoms with Crippen molar-refractivity contribution in [2.45, 2.75) is 25.9 Å². The summed E-state index contributed by atoms with van der Waals surface area (Å²) >= 11 is 0. The maximum atomic E-state index is 12.7. The molecular formula is C23H23N3O. The van der Waals surface area contributed by atoms with E-state index in [4.69, 9.17) is 0 Å². The molecule has 0 radical (unpaired) electrons. The molecule has 3 aromatic rings. The quantitative estimate of drug-likeness (QED) is 0.693. The van der Waals surface area contributed by atoms with Crippen LogP contribution in [0.2, 0.25) is 0 Å². The zero-order chi connectivity index (χ0) is 18.8. The largest absolute Gasteiger partial charge is 0.337 e. The van der Waals surface area contributed by atoms with E-state index in [0.29, 0.717) is 18.3 Å². The second-order valence-corrected chi connectivity index (χ2v) is 7.10. The Morgan fingerprint density at radius 2 is 1.81 bits per heavy atom. The number of amides is 1. The molecule has 1 aliphatic rings. The fourth-order valence-corrected chi connectivity index (χ4v) is 3.74. The molecule has 1 amide bonds. The Labute approximate surface area is 160 Å². The Hall–Kier alpha value is -3.14. The predicted molar refractivity (Wildman–Crippen MR) is 108 cm³/mol. The minimum Gasteiger partial charge on any atom is -0.337 e. The summed E-state index contributed by atoms with van der Waals surface area (Å²) < 4.78 is 0. The number of rotatable bonds is 4. The van der Waals surface area contributed by atoms with Gasteiger partial charge in [0.2, 0.25) is 0 Å². The Bertz CT molecular complexity index is 937. The van der Waals surface area contributed by atoms with Crippen molar-refractivity contribution >= 4 is 17.3 Å². The van der Waals surface area contributed by atoms with E-state index in [9.17, 15) is 4.79 Å². The van der Waals surface area contributed by atoms with Gasteiger partial charge in [0.1, 0.15) is 5.69 Å². The average molecular weight is 357 g/mol. The van der Waals surface area contributed by atoms with Gasteiger partial charge in [0.25, 0.3) is 5.91 Å². The van der Waals surface area contributed by atoms with Crippen LogP contribution in [0, 0.1) is 0 Å². The first kappa shape index (κ1) is 17.3. The average Bonchev–Trinajstić information content (AvgIpc) is 3.04. The van der Waals surface area contributed by atoms with Crippen molar-refractivity contribution in [1.29, 1.82) is 0 Å². The molecule has 27 heavy (non-hydrogen) atoms. The second kappa shape index (κ2) is 7.23. The zero-order valence-corrected chi connectivity index (χ0v) is 15.7. The lowest BCUT2D eigenvalue weighted by molar-refractivity contribution is 0.0779. The first-order chi connectivity index (χ1) is 13.1. The van der Waals surface area contributed by atoms with Gasteiger partial charge in [-0.1, -0.05) is 48.5 Å². The number of para-hydroxylation sites is 1. The molecule has 0 aliphatic carbocycles. The SMILES string of the molecule is CC1Cc2ccccc2N1c1ccc(C(=O)N(C)Cc2ccccc2)nc1. The van der Waals surface area contributed by atoms with Crippen LogP contribution in [0.25, 0.3) is 0 Å². The molecule has 136 valence electrons. The van der Waals surface area contributed by atoms with Gasteiger partial charge < -0.3 is 9.80 Å². The number of aromatic nitrogens is 1. The molecule has 0 saturated carbocycles. The Morgan fingerprint density at radius 3 is 2.56 bits per heavy atom. The predicted octanol–water partition coefficient (Wildman–Crippen LogP) is 4.44. The van der Waals surface area contributed by atoms with Gasteiger partial charge in [-0.05, 0) is 42.7 Å². The molecule has 4 rings (SSSR count). The first-order valence-corrected chi connectivity index (χ1v) is 9.26. The summed E-state index contributed by atoms with van der Waals surface area (Å²) in [6.45, 7) is 2.78. The third-order valence-electron chi connectivity index (χ3n) is 5.06. The summed E-state index contributed by atoms with van der Waals surface area (Å²) in [4.78, 5) is 21.1.